The minimum absolute atomic E-state index is 0.133. The van der Waals surface area contributed by atoms with Crippen LogP contribution in [0, 0.1) is 18.8 Å². The fourth-order valence-corrected chi connectivity index (χ4v) is 4.60. The Hall–Kier alpha value is -3.21. The van der Waals surface area contributed by atoms with Crippen LogP contribution in [0.1, 0.15) is 36.2 Å². The number of piperidine rings is 1. The molecule has 31 heavy (non-hydrogen) atoms. The number of aromatic nitrogens is 1. The van der Waals surface area contributed by atoms with E-state index in [1.807, 2.05) is 66.4 Å². The van der Waals surface area contributed by atoms with Crippen molar-refractivity contribution in [3.63, 3.8) is 0 Å². The first-order valence-electron chi connectivity index (χ1n) is 10.8. The number of esters is 1. The average molecular weight is 417 g/mol. The Bertz CT molecular complexity index is 1100. The van der Waals surface area contributed by atoms with E-state index < -0.39 is 5.97 Å². The van der Waals surface area contributed by atoms with Crippen LogP contribution < -0.4 is 0 Å². The second-order valence-electron chi connectivity index (χ2n) is 8.66. The molecule has 0 aliphatic carbocycles. The molecule has 5 heteroatoms. The van der Waals surface area contributed by atoms with Crippen molar-refractivity contribution in [2.75, 3.05) is 19.7 Å². The SMILES string of the molecule is Cc1c(-c2ccccc2)nc2ccccc2c1C(=O)OCC(=O)N1C[C@H](C)C[C@@H](C)C1. The monoisotopic (exact) mass is 416 g/mol. The third kappa shape index (κ3) is 4.46. The quantitative estimate of drug-likeness (QED) is 0.569. The molecule has 0 N–H and O–H groups in total. The van der Waals surface area contributed by atoms with Gasteiger partial charge >= 0.3 is 5.97 Å². The number of nitrogens with zero attached hydrogens (tertiary/aromatic N) is 2. The van der Waals surface area contributed by atoms with Crippen LogP contribution in [0.4, 0.5) is 0 Å². The Labute approximate surface area is 183 Å². The lowest BCUT2D eigenvalue weighted by Gasteiger charge is -2.34. The number of ether oxygens (including phenoxy) is 1. The summed E-state index contributed by atoms with van der Waals surface area (Å²) in [6, 6.07) is 17.3. The molecule has 3 aromatic rings. The normalized spacial score (nSPS) is 18.7. The van der Waals surface area contributed by atoms with Gasteiger partial charge in [-0.3, -0.25) is 4.79 Å². The predicted molar refractivity (Wildman–Crippen MR) is 122 cm³/mol. The zero-order chi connectivity index (χ0) is 22.0. The number of rotatable bonds is 4. The molecule has 0 spiro atoms. The van der Waals surface area contributed by atoms with Gasteiger partial charge in [0.15, 0.2) is 6.61 Å². The Morgan fingerprint density at radius 2 is 1.65 bits per heavy atom. The predicted octanol–water partition coefficient (Wildman–Crippen LogP) is 4.87. The third-order valence-corrected chi connectivity index (χ3v) is 5.94. The van der Waals surface area contributed by atoms with Crippen LogP contribution in [0.2, 0.25) is 0 Å². The molecule has 1 aliphatic rings. The Morgan fingerprint density at radius 3 is 2.35 bits per heavy atom. The molecular formula is C26H28N2O3. The van der Waals surface area contributed by atoms with E-state index in [0.717, 1.165) is 47.2 Å². The summed E-state index contributed by atoms with van der Waals surface area (Å²) in [6.45, 7) is 7.38. The number of benzene rings is 2. The van der Waals surface area contributed by atoms with Gasteiger partial charge in [-0.15, -0.1) is 0 Å². The van der Waals surface area contributed by atoms with E-state index in [4.69, 9.17) is 9.72 Å². The van der Waals surface area contributed by atoms with E-state index in [0.29, 0.717) is 17.4 Å². The molecule has 0 unspecified atom stereocenters. The lowest BCUT2D eigenvalue weighted by molar-refractivity contribution is -0.137. The van der Waals surface area contributed by atoms with Gasteiger partial charge < -0.3 is 9.64 Å². The molecule has 160 valence electrons. The topological polar surface area (TPSA) is 59.5 Å². The van der Waals surface area contributed by atoms with Gasteiger partial charge in [0, 0.05) is 24.0 Å². The summed E-state index contributed by atoms with van der Waals surface area (Å²) >= 11 is 0. The molecule has 1 aliphatic heterocycles. The van der Waals surface area contributed by atoms with E-state index in [-0.39, 0.29) is 12.5 Å². The molecule has 1 amide bonds. The summed E-state index contributed by atoms with van der Waals surface area (Å²) in [5, 5.41) is 0.734. The largest absolute Gasteiger partial charge is 0.452 e. The lowest BCUT2D eigenvalue weighted by atomic mass is 9.92. The van der Waals surface area contributed by atoms with E-state index in [1.54, 1.807) is 0 Å². The smallest absolute Gasteiger partial charge is 0.339 e. The first-order valence-corrected chi connectivity index (χ1v) is 10.8. The summed E-state index contributed by atoms with van der Waals surface area (Å²) in [6.07, 6.45) is 1.12. The Balaban J connectivity index is 1.62. The molecule has 1 fully saturated rings. The van der Waals surface area contributed by atoms with Gasteiger partial charge in [0.05, 0.1) is 16.8 Å². The standard InChI is InChI=1S/C26H28N2O3/c1-17-13-18(2)15-28(14-17)23(29)16-31-26(30)24-19(3)25(20-9-5-4-6-10-20)27-22-12-8-7-11-21(22)24/h4-12,17-18H,13-16H2,1-3H3/t17-,18-/m1/s1. The first kappa shape index (κ1) is 21.0. The molecule has 0 saturated carbocycles. The van der Waals surface area contributed by atoms with Gasteiger partial charge in [0.1, 0.15) is 0 Å². The van der Waals surface area contributed by atoms with Crippen molar-refractivity contribution in [3.05, 3.63) is 65.7 Å². The average Bonchev–Trinajstić information content (AvgIpc) is 2.76. The number of para-hydroxylation sites is 1. The highest BCUT2D eigenvalue weighted by atomic mass is 16.5. The zero-order valence-electron chi connectivity index (χ0n) is 18.3. The molecule has 0 radical (unpaired) electrons. The van der Waals surface area contributed by atoms with Gasteiger partial charge in [-0.05, 0) is 36.8 Å². The van der Waals surface area contributed by atoms with Gasteiger partial charge in [0.2, 0.25) is 0 Å². The number of amides is 1. The second-order valence-corrected chi connectivity index (χ2v) is 8.66. The fourth-order valence-electron chi connectivity index (χ4n) is 4.60. The van der Waals surface area contributed by atoms with Crippen molar-refractivity contribution in [3.8, 4) is 11.3 Å². The van der Waals surface area contributed by atoms with Crippen LogP contribution in [0.25, 0.3) is 22.2 Å². The van der Waals surface area contributed by atoms with Crippen molar-refractivity contribution in [2.45, 2.75) is 27.2 Å². The minimum Gasteiger partial charge on any atom is -0.452 e. The van der Waals surface area contributed by atoms with Crippen LogP contribution in [0.5, 0.6) is 0 Å². The highest BCUT2D eigenvalue weighted by molar-refractivity contribution is 6.06. The molecule has 0 bridgehead atoms. The summed E-state index contributed by atoms with van der Waals surface area (Å²) in [5.41, 5.74) is 3.63. The van der Waals surface area contributed by atoms with E-state index in [1.165, 1.54) is 0 Å². The van der Waals surface area contributed by atoms with Crippen molar-refractivity contribution < 1.29 is 14.3 Å². The van der Waals surface area contributed by atoms with Gasteiger partial charge in [-0.25, -0.2) is 9.78 Å². The van der Waals surface area contributed by atoms with Crippen LogP contribution in [0.15, 0.2) is 54.6 Å². The number of hydrogen-bond donors (Lipinski definition) is 0. The van der Waals surface area contributed by atoms with Gasteiger partial charge in [-0.2, -0.15) is 0 Å². The van der Waals surface area contributed by atoms with Gasteiger partial charge in [-0.1, -0.05) is 62.4 Å². The maximum Gasteiger partial charge on any atom is 0.339 e. The Morgan fingerprint density at radius 1 is 1.00 bits per heavy atom. The van der Waals surface area contributed by atoms with E-state index >= 15 is 0 Å². The number of fused-ring (bicyclic) bond motifs is 1. The first-order chi connectivity index (χ1) is 14.9. The highest BCUT2D eigenvalue weighted by Crippen LogP contribution is 2.30. The summed E-state index contributed by atoms with van der Waals surface area (Å²) in [4.78, 5) is 32.5. The van der Waals surface area contributed by atoms with Crippen molar-refractivity contribution in [1.82, 2.24) is 9.88 Å². The van der Waals surface area contributed by atoms with Crippen molar-refractivity contribution in [2.24, 2.45) is 11.8 Å². The van der Waals surface area contributed by atoms with Gasteiger partial charge in [0.25, 0.3) is 5.91 Å². The molecule has 2 atom stereocenters. The van der Waals surface area contributed by atoms with Crippen molar-refractivity contribution >= 4 is 22.8 Å². The molecule has 2 heterocycles. The second kappa shape index (κ2) is 8.88. The fraction of sp³-hybridized carbons (Fsp3) is 0.346. The molecule has 5 nitrogen and oxygen atoms in total. The summed E-state index contributed by atoms with van der Waals surface area (Å²) in [7, 11) is 0. The Kier molecular flexibility index (Phi) is 6.03. The molecule has 2 aromatic carbocycles. The van der Waals surface area contributed by atoms with E-state index in [2.05, 4.69) is 13.8 Å². The maximum absolute atomic E-state index is 13.2. The molecule has 1 saturated heterocycles. The zero-order valence-corrected chi connectivity index (χ0v) is 18.3. The van der Waals surface area contributed by atoms with Crippen LogP contribution in [0.3, 0.4) is 0 Å². The van der Waals surface area contributed by atoms with Crippen LogP contribution >= 0.6 is 0 Å². The maximum atomic E-state index is 13.2. The third-order valence-electron chi connectivity index (χ3n) is 5.94. The number of carbonyl (C=O) groups excluding carboxylic acids is 2. The number of carbonyl (C=O) groups is 2. The number of pyridine rings is 1. The molecule has 4 rings (SSSR count). The minimum atomic E-state index is -0.486. The number of hydrogen-bond acceptors (Lipinski definition) is 4. The summed E-state index contributed by atoms with van der Waals surface area (Å²) in [5.74, 6) is 0.303. The molecular weight excluding hydrogens is 388 g/mol. The summed E-state index contributed by atoms with van der Waals surface area (Å²) < 4.78 is 5.54. The van der Waals surface area contributed by atoms with Crippen LogP contribution in [-0.2, 0) is 9.53 Å². The molecule has 1 aromatic heterocycles. The van der Waals surface area contributed by atoms with Crippen molar-refractivity contribution in [1.29, 1.82) is 0 Å². The lowest BCUT2D eigenvalue weighted by Crippen LogP contribution is -2.44. The highest BCUT2D eigenvalue weighted by Gasteiger charge is 2.27. The number of likely N-dealkylation sites (tertiary alicyclic amines) is 1. The van der Waals surface area contributed by atoms with Crippen LogP contribution in [-0.4, -0.2) is 41.5 Å². The van der Waals surface area contributed by atoms with E-state index in [9.17, 15) is 9.59 Å².